The van der Waals surface area contributed by atoms with E-state index in [1.54, 1.807) is 0 Å². The maximum absolute atomic E-state index is 5.52. The van der Waals surface area contributed by atoms with Crippen LogP contribution in [0.3, 0.4) is 0 Å². The minimum absolute atomic E-state index is 0.0676. The molecule has 0 spiro atoms. The van der Waals surface area contributed by atoms with Gasteiger partial charge in [-0.2, -0.15) is 4.98 Å². The maximum Gasteiger partial charge on any atom is 0.239 e. The first-order valence-corrected chi connectivity index (χ1v) is 5.26. The zero-order chi connectivity index (χ0) is 11.8. The smallest absolute Gasteiger partial charge is 0.239 e. The summed E-state index contributed by atoms with van der Waals surface area (Å²) in [5, 5.41) is 6.71. The SMILES string of the molecule is CC(C)(C)c1ccccc1-c1nc(N)n[nH]1. The Morgan fingerprint density at radius 3 is 2.44 bits per heavy atom. The molecule has 0 aliphatic rings. The molecule has 0 saturated carbocycles. The van der Waals surface area contributed by atoms with Crippen LogP contribution in [0, 0.1) is 0 Å². The number of nitrogens with two attached hydrogens (primary N) is 1. The molecular formula is C12H16N4. The van der Waals surface area contributed by atoms with Crippen molar-refractivity contribution >= 4 is 5.95 Å². The molecule has 0 fully saturated rings. The third-order valence-electron chi connectivity index (χ3n) is 2.49. The molecule has 0 radical (unpaired) electrons. The van der Waals surface area contributed by atoms with Crippen LogP contribution in [0.4, 0.5) is 5.95 Å². The van der Waals surface area contributed by atoms with E-state index >= 15 is 0 Å². The average molecular weight is 216 g/mol. The Balaban J connectivity index is 2.57. The molecule has 0 amide bonds. The number of H-pyrrole nitrogens is 1. The van der Waals surface area contributed by atoms with Crippen molar-refractivity contribution in [1.82, 2.24) is 15.2 Å². The van der Waals surface area contributed by atoms with Crippen LogP contribution in [-0.2, 0) is 5.41 Å². The Morgan fingerprint density at radius 1 is 1.19 bits per heavy atom. The minimum Gasteiger partial charge on any atom is -0.366 e. The molecule has 0 atom stereocenters. The summed E-state index contributed by atoms with van der Waals surface area (Å²) < 4.78 is 0. The summed E-state index contributed by atoms with van der Waals surface area (Å²) >= 11 is 0. The summed E-state index contributed by atoms with van der Waals surface area (Å²) in [4.78, 5) is 4.17. The van der Waals surface area contributed by atoms with E-state index in [-0.39, 0.29) is 11.4 Å². The van der Waals surface area contributed by atoms with Gasteiger partial charge in [-0.15, -0.1) is 5.10 Å². The highest BCUT2D eigenvalue weighted by atomic mass is 15.3. The zero-order valence-electron chi connectivity index (χ0n) is 9.78. The molecule has 0 aliphatic heterocycles. The Bertz CT molecular complexity index is 494. The van der Waals surface area contributed by atoms with Gasteiger partial charge in [0.05, 0.1) is 0 Å². The van der Waals surface area contributed by atoms with Crippen molar-refractivity contribution in [2.75, 3.05) is 5.73 Å². The number of hydrogen-bond donors (Lipinski definition) is 2. The Kier molecular flexibility index (Phi) is 2.42. The molecule has 1 aromatic carbocycles. The summed E-state index contributed by atoms with van der Waals surface area (Å²) in [5.74, 6) is 1.00. The number of benzene rings is 1. The molecule has 4 heteroatoms. The summed E-state index contributed by atoms with van der Waals surface area (Å²) in [6.45, 7) is 6.52. The van der Waals surface area contributed by atoms with Crippen molar-refractivity contribution in [2.45, 2.75) is 26.2 Å². The average Bonchev–Trinajstić information content (AvgIpc) is 2.64. The van der Waals surface area contributed by atoms with Gasteiger partial charge in [-0.05, 0) is 11.0 Å². The first kappa shape index (κ1) is 10.7. The van der Waals surface area contributed by atoms with E-state index in [9.17, 15) is 0 Å². The molecule has 1 aromatic heterocycles. The van der Waals surface area contributed by atoms with Crippen molar-refractivity contribution in [3.63, 3.8) is 0 Å². The standard InChI is InChI=1S/C12H16N4/c1-12(2,3)9-7-5-4-6-8(9)10-14-11(13)16-15-10/h4-7H,1-3H3,(H3,13,14,15,16). The van der Waals surface area contributed by atoms with E-state index < -0.39 is 0 Å². The van der Waals surface area contributed by atoms with Crippen LogP contribution in [0.25, 0.3) is 11.4 Å². The Labute approximate surface area is 94.9 Å². The fourth-order valence-electron chi connectivity index (χ4n) is 1.74. The number of nitrogen functional groups attached to an aromatic ring is 1. The third kappa shape index (κ3) is 1.91. The number of hydrogen-bond acceptors (Lipinski definition) is 3. The van der Waals surface area contributed by atoms with Crippen molar-refractivity contribution in [3.05, 3.63) is 29.8 Å². The first-order valence-electron chi connectivity index (χ1n) is 5.26. The molecule has 2 aromatic rings. The van der Waals surface area contributed by atoms with Crippen molar-refractivity contribution in [2.24, 2.45) is 0 Å². The summed E-state index contributed by atoms with van der Waals surface area (Å²) in [5.41, 5.74) is 7.87. The lowest BCUT2D eigenvalue weighted by molar-refractivity contribution is 0.591. The quantitative estimate of drug-likeness (QED) is 0.768. The van der Waals surface area contributed by atoms with Crippen LogP contribution >= 0.6 is 0 Å². The lowest BCUT2D eigenvalue weighted by Crippen LogP contribution is -2.12. The molecule has 0 bridgehead atoms. The molecule has 0 unspecified atom stereocenters. The lowest BCUT2D eigenvalue weighted by Gasteiger charge is -2.21. The van der Waals surface area contributed by atoms with Crippen LogP contribution in [0.2, 0.25) is 0 Å². The zero-order valence-corrected chi connectivity index (χ0v) is 9.78. The monoisotopic (exact) mass is 216 g/mol. The van der Waals surface area contributed by atoms with Crippen molar-refractivity contribution in [1.29, 1.82) is 0 Å². The number of nitrogens with one attached hydrogen (secondary N) is 1. The van der Waals surface area contributed by atoms with Gasteiger partial charge >= 0.3 is 0 Å². The van der Waals surface area contributed by atoms with E-state index in [0.717, 1.165) is 11.4 Å². The van der Waals surface area contributed by atoms with Gasteiger partial charge < -0.3 is 5.73 Å². The second kappa shape index (κ2) is 3.63. The number of rotatable bonds is 1. The molecule has 2 rings (SSSR count). The fourth-order valence-corrected chi connectivity index (χ4v) is 1.74. The topological polar surface area (TPSA) is 67.6 Å². The highest BCUT2D eigenvalue weighted by molar-refractivity contribution is 5.62. The molecule has 84 valence electrons. The van der Waals surface area contributed by atoms with E-state index in [2.05, 4.69) is 42.0 Å². The van der Waals surface area contributed by atoms with Gasteiger partial charge in [-0.3, -0.25) is 5.10 Å². The van der Waals surface area contributed by atoms with E-state index in [1.165, 1.54) is 5.56 Å². The van der Waals surface area contributed by atoms with Gasteiger partial charge in [-0.25, -0.2) is 0 Å². The highest BCUT2D eigenvalue weighted by Gasteiger charge is 2.19. The van der Waals surface area contributed by atoms with E-state index in [0.29, 0.717) is 0 Å². The molecule has 0 saturated heterocycles. The van der Waals surface area contributed by atoms with Gasteiger partial charge in [-0.1, -0.05) is 45.0 Å². The first-order chi connectivity index (χ1) is 7.48. The molecular weight excluding hydrogens is 200 g/mol. The summed E-state index contributed by atoms with van der Waals surface area (Å²) in [6, 6.07) is 8.15. The molecule has 4 nitrogen and oxygen atoms in total. The lowest BCUT2D eigenvalue weighted by atomic mass is 9.83. The molecule has 1 heterocycles. The number of aromatic nitrogens is 3. The molecule has 0 aliphatic carbocycles. The second-order valence-electron chi connectivity index (χ2n) is 4.84. The fraction of sp³-hybridized carbons (Fsp3) is 0.333. The highest BCUT2D eigenvalue weighted by Crippen LogP contribution is 2.30. The minimum atomic E-state index is 0.0676. The number of nitrogens with zero attached hydrogens (tertiary/aromatic N) is 2. The van der Waals surface area contributed by atoms with Gasteiger partial charge in [0.15, 0.2) is 5.82 Å². The van der Waals surface area contributed by atoms with Gasteiger partial charge in [0, 0.05) is 5.56 Å². The normalized spacial score (nSPS) is 11.7. The van der Waals surface area contributed by atoms with E-state index in [1.807, 2.05) is 18.2 Å². The van der Waals surface area contributed by atoms with Crippen molar-refractivity contribution in [3.8, 4) is 11.4 Å². The predicted molar refractivity (Wildman–Crippen MR) is 64.9 cm³/mol. The van der Waals surface area contributed by atoms with E-state index in [4.69, 9.17) is 5.73 Å². The van der Waals surface area contributed by atoms with Gasteiger partial charge in [0.2, 0.25) is 5.95 Å². The van der Waals surface area contributed by atoms with Crippen LogP contribution < -0.4 is 5.73 Å². The van der Waals surface area contributed by atoms with Crippen LogP contribution in [-0.4, -0.2) is 15.2 Å². The van der Waals surface area contributed by atoms with Gasteiger partial charge in [0.1, 0.15) is 0 Å². The Hall–Kier alpha value is -1.84. The Morgan fingerprint density at radius 2 is 1.88 bits per heavy atom. The van der Waals surface area contributed by atoms with Crippen LogP contribution in [0.1, 0.15) is 26.3 Å². The van der Waals surface area contributed by atoms with Gasteiger partial charge in [0.25, 0.3) is 0 Å². The number of aromatic amines is 1. The number of anilines is 1. The predicted octanol–water partition coefficient (Wildman–Crippen LogP) is 2.35. The summed E-state index contributed by atoms with van der Waals surface area (Å²) in [7, 11) is 0. The second-order valence-corrected chi connectivity index (χ2v) is 4.84. The molecule has 3 N–H and O–H groups in total. The van der Waals surface area contributed by atoms with Crippen LogP contribution in [0.15, 0.2) is 24.3 Å². The molecule has 16 heavy (non-hydrogen) atoms. The summed E-state index contributed by atoms with van der Waals surface area (Å²) in [6.07, 6.45) is 0. The maximum atomic E-state index is 5.52. The third-order valence-corrected chi connectivity index (χ3v) is 2.49. The largest absolute Gasteiger partial charge is 0.366 e. The van der Waals surface area contributed by atoms with Crippen molar-refractivity contribution < 1.29 is 0 Å². The van der Waals surface area contributed by atoms with Crippen LogP contribution in [0.5, 0.6) is 0 Å².